The minimum Gasteiger partial charge on any atom is -0.479 e. The van der Waals surface area contributed by atoms with Gasteiger partial charge in [0.1, 0.15) is 6.33 Å². The second kappa shape index (κ2) is 5.48. The predicted molar refractivity (Wildman–Crippen MR) is 70.9 cm³/mol. The van der Waals surface area contributed by atoms with Gasteiger partial charge in [0.25, 0.3) is 5.91 Å². The van der Waals surface area contributed by atoms with Crippen molar-refractivity contribution < 1.29 is 14.7 Å². The molecule has 1 aromatic heterocycles. The van der Waals surface area contributed by atoms with Gasteiger partial charge in [0.05, 0.1) is 5.56 Å². The van der Waals surface area contributed by atoms with E-state index < -0.39 is 17.4 Å². The number of carbonyl (C=O) groups excluding carboxylic acids is 1. The number of rotatable bonds is 4. The molecular formula is C14H13N3O3. The summed E-state index contributed by atoms with van der Waals surface area (Å²) in [5.41, 5.74) is -0.831. The van der Waals surface area contributed by atoms with Gasteiger partial charge < -0.3 is 10.4 Å². The molecule has 2 N–H and O–H groups in total. The van der Waals surface area contributed by atoms with Crippen LogP contribution in [0.4, 0.5) is 0 Å². The van der Waals surface area contributed by atoms with Gasteiger partial charge in [-0.15, -0.1) is 0 Å². The summed E-state index contributed by atoms with van der Waals surface area (Å²) in [6.07, 6.45) is 3.95. The van der Waals surface area contributed by atoms with E-state index in [-0.39, 0.29) is 5.56 Å². The Bertz CT molecular complexity index is 616. The van der Waals surface area contributed by atoms with Gasteiger partial charge >= 0.3 is 5.97 Å². The van der Waals surface area contributed by atoms with Gasteiger partial charge in [0.2, 0.25) is 0 Å². The fourth-order valence-corrected chi connectivity index (χ4v) is 1.74. The Hall–Kier alpha value is -2.76. The Morgan fingerprint density at radius 1 is 1.15 bits per heavy atom. The minimum atomic E-state index is -1.52. The summed E-state index contributed by atoms with van der Waals surface area (Å²) in [5, 5.41) is 11.9. The van der Waals surface area contributed by atoms with Gasteiger partial charge in [0, 0.05) is 12.4 Å². The first-order valence-corrected chi connectivity index (χ1v) is 5.90. The average Bonchev–Trinajstić information content (AvgIpc) is 2.48. The lowest BCUT2D eigenvalue weighted by Crippen LogP contribution is -2.49. The highest BCUT2D eigenvalue weighted by Gasteiger charge is 2.37. The molecule has 0 saturated carbocycles. The van der Waals surface area contributed by atoms with Gasteiger partial charge in [-0.25, -0.2) is 14.8 Å². The van der Waals surface area contributed by atoms with E-state index in [0.717, 1.165) is 0 Å². The van der Waals surface area contributed by atoms with Crippen LogP contribution in [0.15, 0.2) is 49.1 Å². The molecule has 0 bridgehead atoms. The molecule has 102 valence electrons. The number of carboxylic acid groups (broad SMARTS) is 1. The number of aliphatic carboxylic acids is 1. The SMILES string of the molecule is CC(NC(=O)c1cncnc1)(C(=O)O)c1ccccc1. The molecule has 0 spiro atoms. The number of hydrogen-bond acceptors (Lipinski definition) is 4. The monoisotopic (exact) mass is 271 g/mol. The number of aromatic nitrogens is 2. The van der Waals surface area contributed by atoms with Crippen molar-refractivity contribution in [2.45, 2.75) is 12.5 Å². The maximum Gasteiger partial charge on any atom is 0.333 e. The zero-order valence-electron chi connectivity index (χ0n) is 10.8. The molecule has 6 heteroatoms. The minimum absolute atomic E-state index is 0.205. The molecular weight excluding hydrogens is 258 g/mol. The maximum absolute atomic E-state index is 12.1. The Kier molecular flexibility index (Phi) is 3.74. The quantitative estimate of drug-likeness (QED) is 0.871. The third kappa shape index (κ3) is 2.64. The molecule has 0 radical (unpaired) electrons. The molecule has 1 amide bonds. The number of hydrogen-bond donors (Lipinski definition) is 2. The molecule has 1 aromatic carbocycles. The van der Waals surface area contributed by atoms with Crippen molar-refractivity contribution in [3.05, 3.63) is 60.2 Å². The summed E-state index contributed by atoms with van der Waals surface area (Å²) < 4.78 is 0. The van der Waals surface area contributed by atoms with Crippen molar-refractivity contribution in [2.24, 2.45) is 0 Å². The van der Waals surface area contributed by atoms with E-state index in [1.165, 1.54) is 25.6 Å². The Labute approximate surface area is 115 Å². The van der Waals surface area contributed by atoms with Crippen LogP contribution in [0.2, 0.25) is 0 Å². The van der Waals surface area contributed by atoms with Gasteiger partial charge in [-0.05, 0) is 12.5 Å². The predicted octanol–water partition coefficient (Wildman–Crippen LogP) is 1.21. The molecule has 0 aliphatic rings. The molecule has 0 saturated heterocycles. The number of carbonyl (C=O) groups is 2. The van der Waals surface area contributed by atoms with Crippen molar-refractivity contribution in [3.63, 3.8) is 0 Å². The molecule has 0 aliphatic carbocycles. The number of carboxylic acids is 1. The first-order chi connectivity index (χ1) is 9.54. The smallest absolute Gasteiger partial charge is 0.333 e. The molecule has 1 unspecified atom stereocenters. The Balaban J connectivity index is 2.32. The van der Waals surface area contributed by atoms with E-state index in [9.17, 15) is 14.7 Å². The Morgan fingerprint density at radius 3 is 2.30 bits per heavy atom. The van der Waals surface area contributed by atoms with Crippen LogP contribution in [0.25, 0.3) is 0 Å². The second-order valence-electron chi connectivity index (χ2n) is 4.38. The van der Waals surface area contributed by atoms with Crippen LogP contribution in [-0.2, 0) is 10.3 Å². The number of amides is 1. The molecule has 1 heterocycles. The van der Waals surface area contributed by atoms with Crippen LogP contribution < -0.4 is 5.32 Å². The largest absolute Gasteiger partial charge is 0.479 e. The third-order valence-electron chi connectivity index (χ3n) is 2.97. The van der Waals surface area contributed by atoms with Crippen LogP contribution >= 0.6 is 0 Å². The van der Waals surface area contributed by atoms with Crippen molar-refractivity contribution in [1.82, 2.24) is 15.3 Å². The molecule has 6 nitrogen and oxygen atoms in total. The van der Waals surface area contributed by atoms with Gasteiger partial charge in [-0.1, -0.05) is 30.3 Å². The fraction of sp³-hybridized carbons (Fsp3) is 0.143. The summed E-state index contributed by atoms with van der Waals surface area (Å²) in [7, 11) is 0. The van der Waals surface area contributed by atoms with E-state index in [1.54, 1.807) is 30.3 Å². The van der Waals surface area contributed by atoms with Crippen LogP contribution in [0.5, 0.6) is 0 Å². The molecule has 1 atom stereocenters. The standard InChI is InChI=1S/C14H13N3O3/c1-14(13(19)20,11-5-3-2-4-6-11)17-12(18)10-7-15-9-16-8-10/h2-9H,1H3,(H,17,18)(H,19,20). The van der Waals surface area contributed by atoms with Crippen molar-refractivity contribution in [3.8, 4) is 0 Å². The van der Waals surface area contributed by atoms with Crippen LogP contribution in [0.1, 0.15) is 22.8 Å². The van der Waals surface area contributed by atoms with Crippen molar-refractivity contribution >= 4 is 11.9 Å². The molecule has 0 aliphatic heterocycles. The van der Waals surface area contributed by atoms with E-state index >= 15 is 0 Å². The topological polar surface area (TPSA) is 92.2 Å². The zero-order chi connectivity index (χ0) is 14.6. The number of benzene rings is 1. The number of nitrogens with one attached hydrogen (secondary N) is 1. The van der Waals surface area contributed by atoms with Crippen molar-refractivity contribution in [2.75, 3.05) is 0 Å². The normalized spacial score (nSPS) is 13.2. The molecule has 20 heavy (non-hydrogen) atoms. The average molecular weight is 271 g/mol. The number of nitrogens with zero attached hydrogens (tertiary/aromatic N) is 2. The molecule has 2 aromatic rings. The highest BCUT2D eigenvalue weighted by molar-refractivity contribution is 5.97. The lowest BCUT2D eigenvalue weighted by molar-refractivity contribution is -0.144. The highest BCUT2D eigenvalue weighted by atomic mass is 16.4. The van der Waals surface area contributed by atoms with E-state index in [2.05, 4.69) is 15.3 Å². The second-order valence-corrected chi connectivity index (χ2v) is 4.38. The first-order valence-electron chi connectivity index (χ1n) is 5.90. The summed E-state index contributed by atoms with van der Waals surface area (Å²) >= 11 is 0. The van der Waals surface area contributed by atoms with Gasteiger partial charge in [-0.2, -0.15) is 0 Å². The third-order valence-corrected chi connectivity index (χ3v) is 2.97. The van der Waals surface area contributed by atoms with E-state index in [0.29, 0.717) is 5.56 Å². The lowest BCUT2D eigenvalue weighted by atomic mass is 9.92. The van der Waals surface area contributed by atoms with Crippen LogP contribution in [-0.4, -0.2) is 27.0 Å². The molecule has 0 fully saturated rings. The van der Waals surface area contributed by atoms with Crippen molar-refractivity contribution in [1.29, 1.82) is 0 Å². The zero-order valence-corrected chi connectivity index (χ0v) is 10.8. The lowest BCUT2D eigenvalue weighted by Gasteiger charge is -2.26. The fourth-order valence-electron chi connectivity index (χ4n) is 1.74. The van der Waals surface area contributed by atoms with Gasteiger partial charge in [-0.3, -0.25) is 4.79 Å². The van der Waals surface area contributed by atoms with Crippen LogP contribution in [0, 0.1) is 0 Å². The summed E-state index contributed by atoms with van der Waals surface area (Å²) in [6.45, 7) is 1.44. The maximum atomic E-state index is 12.1. The molecule has 2 rings (SSSR count). The van der Waals surface area contributed by atoms with Crippen LogP contribution in [0.3, 0.4) is 0 Å². The summed E-state index contributed by atoms with van der Waals surface area (Å²) in [5.74, 6) is -1.69. The van der Waals surface area contributed by atoms with Gasteiger partial charge in [0.15, 0.2) is 5.54 Å². The highest BCUT2D eigenvalue weighted by Crippen LogP contribution is 2.21. The summed E-state index contributed by atoms with van der Waals surface area (Å²) in [6, 6.07) is 8.51. The van der Waals surface area contributed by atoms with E-state index in [1.807, 2.05) is 0 Å². The first kappa shape index (κ1) is 13.7. The van der Waals surface area contributed by atoms with E-state index in [4.69, 9.17) is 0 Å². The Morgan fingerprint density at radius 2 is 1.75 bits per heavy atom. The summed E-state index contributed by atoms with van der Waals surface area (Å²) in [4.78, 5) is 31.1.